The first-order chi connectivity index (χ1) is 16.9. The second-order valence-electron chi connectivity index (χ2n) is 11.4. The Balaban J connectivity index is 1.39. The van der Waals surface area contributed by atoms with Crippen molar-refractivity contribution in [2.45, 2.75) is 49.1 Å². The number of piperazine rings is 1. The topological polar surface area (TPSA) is 38.8 Å². The minimum absolute atomic E-state index is 0.0885. The number of nitrogens with one attached hydrogen (secondary N) is 1. The third kappa shape index (κ3) is 5.18. The van der Waals surface area contributed by atoms with Crippen molar-refractivity contribution >= 4 is 5.91 Å². The lowest BCUT2D eigenvalue weighted by molar-refractivity contribution is -0.125. The van der Waals surface area contributed by atoms with Crippen molar-refractivity contribution in [1.29, 1.82) is 0 Å². The highest BCUT2D eigenvalue weighted by molar-refractivity contribution is 5.76. The Morgan fingerprint density at radius 3 is 1.94 bits per heavy atom. The Bertz CT molecular complexity index is 921. The summed E-state index contributed by atoms with van der Waals surface area (Å²) in [6.07, 6.45) is 3.95. The molecule has 6 rings (SSSR count). The molecule has 188 valence electrons. The van der Waals surface area contributed by atoms with E-state index in [-0.39, 0.29) is 17.5 Å². The third-order valence-corrected chi connectivity index (χ3v) is 9.19. The molecule has 4 aliphatic rings. The Labute approximate surface area is 211 Å². The second-order valence-corrected chi connectivity index (χ2v) is 11.4. The number of benzene rings is 2. The van der Waals surface area contributed by atoms with E-state index in [0.29, 0.717) is 24.2 Å². The molecular formula is C30H42N4O. The van der Waals surface area contributed by atoms with Crippen LogP contribution < -0.4 is 5.32 Å². The van der Waals surface area contributed by atoms with Crippen LogP contribution in [0.5, 0.6) is 0 Å². The molecule has 0 spiro atoms. The van der Waals surface area contributed by atoms with Gasteiger partial charge in [0.05, 0.1) is 0 Å². The fourth-order valence-corrected chi connectivity index (χ4v) is 7.11. The summed E-state index contributed by atoms with van der Waals surface area (Å²) < 4.78 is 0. The van der Waals surface area contributed by atoms with Crippen LogP contribution in [0.1, 0.15) is 48.6 Å². The molecular weight excluding hydrogens is 432 g/mol. The summed E-state index contributed by atoms with van der Waals surface area (Å²) in [5, 5.41) is 3.58. The van der Waals surface area contributed by atoms with Gasteiger partial charge in [-0.25, -0.2) is 0 Å². The Kier molecular flexibility index (Phi) is 7.29. The van der Waals surface area contributed by atoms with Crippen molar-refractivity contribution < 1.29 is 4.79 Å². The van der Waals surface area contributed by atoms with Crippen molar-refractivity contribution in [3.8, 4) is 0 Å². The molecule has 5 heteroatoms. The number of hydrogen-bond donors (Lipinski definition) is 1. The van der Waals surface area contributed by atoms with Gasteiger partial charge in [0.15, 0.2) is 0 Å². The maximum Gasteiger partial charge on any atom is 0.221 e. The van der Waals surface area contributed by atoms with E-state index in [4.69, 9.17) is 0 Å². The SMILES string of the molecule is CN1CCN(CCC(=O)NC2CC3(N(C)C)CC(c4ccccc4)C2C(c2ccccc2)C3)CC1. The van der Waals surface area contributed by atoms with E-state index in [9.17, 15) is 4.79 Å². The second kappa shape index (κ2) is 10.4. The molecule has 1 aliphatic heterocycles. The van der Waals surface area contributed by atoms with Gasteiger partial charge in [-0.05, 0) is 69.3 Å². The Morgan fingerprint density at radius 1 is 0.886 bits per heavy atom. The number of amides is 1. The highest BCUT2D eigenvalue weighted by Crippen LogP contribution is 2.59. The minimum Gasteiger partial charge on any atom is -0.353 e. The standard InChI is InChI=1S/C30H42N4O/c1-32(2)30-20-25(23-10-6-4-7-11-23)29(26(21-30)24-12-8-5-9-13-24)27(22-30)31-28(35)14-15-34-18-16-33(3)17-19-34/h4-13,25-27,29H,14-22H2,1-3H3,(H,31,35). The van der Waals surface area contributed by atoms with Crippen LogP contribution in [-0.2, 0) is 4.79 Å². The molecule has 4 fully saturated rings. The fraction of sp³-hybridized carbons (Fsp3) is 0.567. The number of carbonyl (C=O) groups excluding carboxylic acids is 1. The van der Waals surface area contributed by atoms with Gasteiger partial charge in [-0.3, -0.25) is 4.79 Å². The summed E-state index contributed by atoms with van der Waals surface area (Å²) in [5.41, 5.74) is 2.92. The minimum atomic E-state index is 0.0885. The number of fused-ring (bicyclic) bond motifs is 3. The molecule has 0 radical (unpaired) electrons. The monoisotopic (exact) mass is 474 g/mol. The van der Waals surface area contributed by atoms with E-state index in [1.807, 2.05) is 0 Å². The lowest BCUT2D eigenvalue weighted by atomic mass is 9.51. The van der Waals surface area contributed by atoms with E-state index in [2.05, 4.69) is 102 Å². The molecule has 2 bridgehead atoms. The lowest BCUT2D eigenvalue weighted by Gasteiger charge is -2.61. The highest BCUT2D eigenvalue weighted by Gasteiger charge is 2.57. The van der Waals surface area contributed by atoms with Gasteiger partial charge in [-0.1, -0.05) is 60.7 Å². The zero-order valence-electron chi connectivity index (χ0n) is 21.7. The largest absolute Gasteiger partial charge is 0.353 e. The fourth-order valence-electron chi connectivity index (χ4n) is 7.11. The summed E-state index contributed by atoms with van der Waals surface area (Å²) >= 11 is 0. The summed E-state index contributed by atoms with van der Waals surface area (Å²) in [4.78, 5) is 20.6. The van der Waals surface area contributed by atoms with Crippen LogP contribution in [-0.4, -0.2) is 86.1 Å². The molecule has 3 saturated carbocycles. The van der Waals surface area contributed by atoms with Crippen molar-refractivity contribution in [2.24, 2.45) is 5.92 Å². The predicted molar refractivity (Wildman–Crippen MR) is 143 cm³/mol. The van der Waals surface area contributed by atoms with Gasteiger partial charge < -0.3 is 20.0 Å². The van der Waals surface area contributed by atoms with Crippen molar-refractivity contribution in [1.82, 2.24) is 20.0 Å². The normalized spacial score (nSPS) is 31.5. The number of likely N-dealkylation sites (N-methyl/N-ethyl adjacent to an activating group) is 1. The smallest absolute Gasteiger partial charge is 0.221 e. The molecule has 1 heterocycles. The van der Waals surface area contributed by atoms with Crippen LogP contribution in [0.4, 0.5) is 0 Å². The predicted octanol–water partition coefficient (Wildman–Crippen LogP) is 3.79. The van der Waals surface area contributed by atoms with Gasteiger partial charge in [0.2, 0.25) is 5.91 Å². The Morgan fingerprint density at radius 2 is 1.43 bits per heavy atom. The van der Waals surface area contributed by atoms with Gasteiger partial charge >= 0.3 is 0 Å². The van der Waals surface area contributed by atoms with Crippen LogP contribution in [0.15, 0.2) is 60.7 Å². The first kappa shape index (κ1) is 24.5. The zero-order chi connectivity index (χ0) is 24.4. The van der Waals surface area contributed by atoms with Crippen molar-refractivity contribution in [3.05, 3.63) is 71.8 Å². The van der Waals surface area contributed by atoms with Crippen LogP contribution in [0.2, 0.25) is 0 Å². The molecule has 0 aromatic heterocycles. The molecule has 1 amide bonds. The molecule has 1 N–H and O–H groups in total. The van der Waals surface area contributed by atoms with Crippen molar-refractivity contribution in [2.75, 3.05) is 53.9 Å². The van der Waals surface area contributed by atoms with E-state index >= 15 is 0 Å². The van der Waals surface area contributed by atoms with Gasteiger partial charge in [-0.2, -0.15) is 0 Å². The third-order valence-electron chi connectivity index (χ3n) is 9.19. The maximum atomic E-state index is 13.3. The van der Waals surface area contributed by atoms with Gasteiger partial charge in [0.25, 0.3) is 0 Å². The molecule has 2 aromatic rings. The van der Waals surface area contributed by atoms with E-state index in [1.165, 1.54) is 11.1 Å². The van der Waals surface area contributed by atoms with E-state index in [1.54, 1.807) is 0 Å². The van der Waals surface area contributed by atoms with Gasteiger partial charge in [-0.15, -0.1) is 0 Å². The average molecular weight is 475 g/mol. The van der Waals surface area contributed by atoms with Crippen LogP contribution in [0, 0.1) is 5.92 Å². The zero-order valence-corrected chi connectivity index (χ0v) is 21.7. The van der Waals surface area contributed by atoms with Crippen molar-refractivity contribution in [3.63, 3.8) is 0 Å². The van der Waals surface area contributed by atoms with E-state index in [0.717, 1.165) is 52.0 Å². The molecule has 3 unspecified atom stereocenters. The van der Waals surface area contributed by atoms with E-state index < -0.39 is 0 Å². The van der Waals surface area contributed by atoms with Gasteiger partial charge in [0, 0.05) is 50.7 Å². The average Bonchev–Trinajstić information content (AvgIpc) is 2.89. The first-order valence-electron chi connectivity index (χ1n) is 13.4. The van der Waals surface area contributed by atoms with Crippen LogP contribution >= 0.6 is 0 Å². The molecule has 3 atom stereocenters. The van der Waals surface area contributed by atoms with Crippen LogP contribution in [0.25, 0.3) is 0 Å². The molecule has 5 nitrogen and oxygen atoms in total. The lowest BCUT2D eigenvalue weighted by Crippen LogP contribution is -2.64. The highest BCUT2D eigenvalue weighted by atomic mass is 16.1. The Hall–Kier alpha value is -2.21. The quantitative estimate of drug-likeness (QED) is 0.663. The molecule has 2 aromatic carbocycles. The van der Waals surface area contributed by atoms with Crippen LogP contribution in [0.3, 0.4) is 0 Å². The summed E-state index contributed by atoms with van der Waals surface area (Å²) in [6.45, 7) is 5.17. The number of rotatable bonds is 7. The number of hydrogen-bond acceptors (Lipinski definition) is 4. The summed E-state index contributed by atoms with van der Waals surface area (Å²) in [6, 6.07) is 22.3. The summed E-state index contributed by atoms with van der Waals surface area (Å²) in [7, 11) is 6.65. The maximum absolute atomic E-state index is 13.3. The first-order valence-corrected chi connectivity index (χ1v) is 13.4. The molecule has 1 saturated heterocycles. The van der Waals surface area contributed by atoms with Gasteiger partial charge in [0.1, 0.15) is 0 Å². The number of nitrogens with zero attached hydrogens (tertiary/aromatic N) is 3. The number of carbonyl (C=O) groups is 1. The molecule has 35 heavy (non-hydrogen) atoms. The molecule has 3 aliphatic carbocycles. The summed E-state index contributed by atoms with van der Waals surface area (Å²) in [5.74, 6) is 1.51.